The maximum atomic E-state index is 11.7. The fourth-order valence-electron chi connectivity index (χ4n) is 1.59. The average molecular weight is 282 g/mol. The molecule has 1 aromatic rings. The quantitative estimate of drug-likeness (QED) is 0.771. The van der Waals surface area contributed by atoms with Crippen LogP contribution in [0.2, 0.25) is 0 Å². The number of carbonyl (C=O) groups is 2. The Balaban J connectivity index is 3.00. The summed E-state index contributed by atoms with van der Waals surface area (Å²) in [6.45, 7) is 3.69. The number of methoxy groups -OCH3 is 1. The Hall–Kier alpha value is -2.24. The van der Waals surface area contributed by atoms with Gasteiger partial charge in [-0.25, -0.2) is 9.59 Å². The molecule has 20 heavy (non-hydrogen) atoms. The highest BCUT2D eigenvalue weighted by molar-refractivity contribution is 5.91. The van der Waals surface area contributed by atoms with Crippen LogP contribution in [0.25, 0.3) is 0 Å². The normalized spacial score (nSPS) is 11.6. The van der Waals surface area contributed by atoms with Crippen molar-refractivity contribution in [1.29, 1.82) is 0 Å². The van der Waals surface area contributed by atoms with Crippen LogP contribution in [0.5, 0.6) is 11.5 Å². The van der Waals surface area contributed by atoms with Crippen LogP contribution in [0.15, 0.2) is 18.2 Å². The van der Waals surface area contributed by atoms with Crippen LogP contribution in [0.4, 0.5) is 0 Å². The Bertz CT molecular complexity index is 483. The first-order valence-corrected chi connectivity index (χ1v) is 6.28. The number of rotatable bonds is 7. The molecule has 110 valence electrons. The minimum atomic E-state index is -1.15. The van der Waals surface area contributed by atoms with Crippen molar-refractivity contribution in [3.8, 4) is 11.5 Å². The maximum absolute atomic E-state index is 11.7. The molecule has 1 aromatic carbocycles. The van der Waals surface area contributed by atoms with Gasteiger partial charge >= 0.3 is 11.9 Å². The summed E-state index contributed by atoms with van der Waals surface area (Å²) in [4.78, 5) is 22.9. The Labute approximate surface area is 117 Å². The number of hydrogen-bond acceptors (Lipinski definition) is 5. The van der Waals surface area contributed by atoms with E-state index in [9.17, 15) is 9.59 Å². The summed E-state index contributed by atoms with van der Waals surface area (Å²) in [5, 5.41) is 9.16. The van der Waals surface area contributed by atoms with Crippen LogP contribution in [0.1, 0.15) is 30.6 Å². The van der Waals surface area contributed by atoms with Gasteiger partial charge in [0.1, 0.15) is 17.1 Å². The summed E-state index contributed by atoms with van der Waals surface area (Å²) < 4.78 is 15.3. The number of aromatic carboxylic acids is 1. The lowest BCUT2D eigenvalue weighted by Crippen LogP contribution is -2.29. The van der Waals surface area contributed by atoms with Gasteiger partial charge in [-0.2, -0.15) is 0 Å². The minimum Gasteiger partial charge on any atom is -0.497 e. The van der Waals surface area contributed by atoms with Gasteiger partial charge in [0.25, 0.3) is 0 Å². The van der Waals surface area contributed by atoms with E-state index in [1.807, 2.05) is 0 Å². The molecule has 6 nitrogen and oxygen atoms in total. The molecule has 0 aliphatic carbocycles. The van der Waals surface area contributed by atoms with E-state index in [2.05, 4.69) is 0 Å². The Morgan fingerprint density at radius 3 is 2.50 bits per heavy atom. The molecule has 0 aromatic heterocycles. The first-order valence-electron chi connectivity index (χ1n) is 6.28. The van der Waals surface area contributed by atoms with Gasteiger partial charge in [0.15, 0.2) is 6.10 Å². The van der Waals surface area contributed by atoms with Crippen molar-refractivity contribution in [1.82, 2.24) is 0 Å². The summed E-state index contributed by atoms with van der Waals surface area (Å²) in [6, 6.07) is 4.37. The molecule has 0 heterocycles. The fraction of sp³-hybridized carbons (Fsp3) is 0.429. The number of ether oxygens (including phenoxy) is 3. The molecule has 0 aliphatic heterocycles. The van der Waals surface area contributed by atoms with Crippen LogP contribution in [0.3, 0.4) is 0 Å². The largest absolute Gasteiger partial charge is 0.497 e. The predicted octanol–water partition coefficient (Wildman–Crippen LogP) is 2.11. The summed E-state index contributed by atoms with van der Waals surface area (Å²) in [6.07, 6.45) is -0.453. The number of esters is 1. The fourth-order valence-corrected chi connectivity index (χ4v) is 1.59. The standard InChI is InChI=1S/C14H18O6/c1-4-11(14(17)19-5-2)20-12-7-6-9(18-3)8-10(12)13(15)16/h6-8,11H,4-5H2,1-3H3,(H,15,16). The molecule has 0 aliphatic rings. The average Bonchev–Trinajstić information content (AvgIpc) is 2.44. The smallest absolute Gasteiger partial charge is 0.347 e. The van der Waals surface area contributed by atoms with E-state index in [4.69, 9.17) is 19.3 Å². The second kappa shape index (κ2) is 7.37. The second-order valence-electron chi connectivity index (χ2n) is 3.93. The Morgan fingerprint density at radius 1 is 1.30 bits per heavy atom. The van der Waals surface area contributed by atoms with E-state index in [0.717, 1.165) is 0 Å². The van der Waals surface area contributed by atoms with Gasteiger partial charge in [-0.1, -0.05) is 6.92 Å². The summed E-state index contributed by atoms with van der Waals surface area (Å²) in [7, 11) is 1.44. The van der Waals surface area contributed by atoms with Gasteiger partial charge in [0.05, 0.1) is 13.7 Å². The highest BCUT2D eigenvalue weighted by atomic mass is 16.6. The molecule has 0 amide bonds. The topological polar surface area (TPSA) is 82.1 Å². The van der Waals surface area contributed by atoms with Crippen LogP contribution < -0.4 is 9.47 Å². The molecule has 1 unspecified atom stereocenters. The van der Waals surface area contributed by atoms with Crippen molar-refractivity contribution in [2.45, 2.75) is 26.4 Å². The second-order valence-corrected chi connectivity index (χ2v) is 3.93. The lowest BCUT2D eigenvalue weighted by atomic mass is 10.2. The van der Waals surface area contributed by atoms with E-state index in [1.165, 1.54) is 19.2 Å². The van der Waals surface area contributed by atoms with Crippen LogP contribution in [0, 0.1) is 0 Å². The van der Waals surface area contributed by atoms with Gasteiger partial charge in [0, 0.05) is 0 Å². The maximum Gasteiger partial charge on any atom is 0.347 e. The van der Waals surface area contributed by atoms with E-state index in [0.29, 0.717) is 12.2 Å². The SMILES string of the molecule is CCOC(=O)C(CC)Oc1ccc(OC)cc1C(=O)O. The van der Waals surface area contributed by atoms with Gasteiger partial charge in [-0.3, -0.25) is 0 Å². The highest BCUT2D eigenvalue weighted by Gasteiger charge is 2.22. The van der Waals surface area contributed by atoms with E-state index in [1.54, 1.807) is 19.9 Å². The number of carbonyl (C=O) groups excluding carboxylic acids is 1. The molecule has 0 radical (unpaired) electrons. The molecule has 1 atom stereocenters. The summed E-state index contributed by atoms with van der Waals surface area (Å²) in [5.74, 6) is -1.16. The summed E-state index contributed by atoms with van der Waals surface area (Å²) >= 11 is 0. The molecule has 6 heteroatoms. The molecule has 1 rings (SSSR count). The number of carboxylic acids is 1. The molecular formula is C14H18O6. The third kappa shape index (κ3) is 3.88. The van der Waals surface area contributed by atoms with Crippen molar-refractivity contribution in [2.75, 3.05) is 13.7 Å². The number of benzene rings is 1. The Morgan fingerprint density at radius 2 is 2.00 bits per heavy atom. The third-order valence-corrected chi connectivity index (χ3v) is 2.61. The zero-order valence-corrected chi connectivity index (χ0v) is 11.7. The molecule has 0 saturated heterocycles. The van der Waals surface area contributed by atoms with Crippen molar-refractivity contribution in [2.24, 2.45) is 0 Å². The zero-order valence-electron chi connectivity index (χ0n) is 11.7. The van der Waals surface area contributed by atoms with Gasteiger partial charge in [0.2, 0.25) is 0 Å². The van der Waals surface area contributed by atoms with Crippen LogP contribution in [-0.4, -0.2) is 36.9 Å². The molecule has 1 N–H and O–H groups in total. The first kappa shape index (κ1) is 15.8. The van der Waals surface area contributed by atoms with Gasteiger partial charge in [-0.05, 0) is 31.5 Å². The highest BCUT2D eigenvalue weighted by Crippen LogP contribution is 2.25. The van der Waals surface area contributed by atoms with E-state index in [-0.39, 0.29) is 17.9 Å². The number of hydrogen-bond donors (Lipinski definition) is 1. The predicted molar refractivity (Wildman–Crippen MR) is 71.3 cm³/mol. The number of carboxylic acid groups (broad SMARTS) is 1. The van der Waals surface area contributed by atoms with E-state index >= 15 is 0 Å². The first-order chi connectivity index (χ1) is 9.53. The lowest BCUT2D eigenvalue weighted by Gasteiger charge is -2.17. The van der Waals surface area contributed by atoms with Crippen LogP contribution in [-0.2, 0) is 9.53 Å². The zero-order chi connectivity index (χ0) is 15.1. The molecule has 0 spiro atoms. The van der Waals surface area contributed by atoms with E-state index < -0.39 is 18.0 Å². The molecule has 0 bridgehead atoms. The van der Waals surface area contributed by atoms with Crippen molar-refractivity contribution in [3.63, 3.8) is 0 Å². The molecular weight excluding hydrogens is 264 g/mol. The monoisotopic (exact) mass is 282 g/mol. The van der Waals surface area contributed by atoms with Crippen LogP contribution >= 0.6 is 0 Å². The third-order valence-electron chi connectivity index (χ3n) is 2.61. The van der Waals surface area contributed by atoms with Crippen molar-refractivity contribution < 1.29 is 28.9 Å². The van der Waals surface area contributed by atoms with Crippen molar-refractivity contribution in [3.05, 3.63) is 23.8 Å². The van der Waals surface area contributed by atoms with Crippen molar-refractivity contribution >= 4 is 11.9 Å². The Kier molecular flexibility index (Phi) is 5.83. The summed E-state index contributed by atoms with van der Waals surface area (Å²) in [5.41, 5.74) is -0.0629. The molecule has 0 fully saturated rings. The molecule has 0 saturated carbocycles. The van der Waals surface area contributed by atoms with Gasteiger partial charge in [-0.15, -0.1) is 0 Å². The minimum absolute atomic E-state index is 0.0629. The lowest BCUT2D eigenvalue weighted by molar-refractivity contribution is -0.151. The van der Waals surface area contributed by atoms with Gasteiger partial charge < -0.3 is 19.3 Å².